The average Bonchev–Trinajstić information content (AvgIpc) is 3.28. The van der Waals surface area contributed by atoms with Gasteiger partial charge in [0, 0.05) is 30.6 Å². The van der Waals surface area contributed by atoms with Gasteiger partial charge in [0.15, 0.2) is 11.5 Å². The number of amides is 2. The molecule has 4 rings (SSSR count). The van der Waals surface area contributed by atoms with Crippen LogP contribution in [0.25, 0.3) is 0 Å². The van der Waals surface area contributed by atoms with Gasteiger partial charge in [0.1, 0.15) is 0 Å². The normalized spacial score (nSPS) is 25.9. The molecule has 3 heterocycles. The van der Waals surface area contributed by atoms with E-state index in [-0.39, 0.29) is 17.9 Å². The van der Waals surface area contributed by atoms with Crippen molar-refractivity contribution in [3.8, 4) is 11.5 Å². The third kappa shape index (κ3) is 3.80. The molecule has 0 aliphatic carbocycles. The molecule has 0 N–H and O–H groups in total. The number of thiophene rings is 1. The fourth-order valence-corrected chi connectivity index (χ4v) is 6.07. The predicted molar refractivity (Wildman–Crippen MR) is 121 cm³/mol. The molecule has 1 fully saturated rings. The Labute approximate surface area is 187 Å². The number of likely N-dealkylation sites (N-methyl/N-ethyl adjacent to an activating group) is 1. The minimum absolute atomic E-state index is 0.0737. The number of ether oxygens (including phenoxy) is 2. The van der Waals surface area contributed by atoms with Gasteiger partial charge in [0.05, 0.1) is 26.2 Å². The van der Waals surface area contributed by atoms with E-state index in [9.17, 15) is 9.59 Å². The highest BCUT2D eigenvalue weighted by Gasteiger charge is 2.46. The van der Waals surface area contributed by atoms with Gasteiger partial charge in [-0.15, -0.1) is 11.3 Å². The van der Waals surface area contributed by atoms with E-state index in [2.05, 4.69) is 13.8 Å². The monoisotopic (exact) mass is 442 g/mol. The van der Waals surface area contributed by atoms with Crippen LogP contribution in [0.15, 0.2) is 29.6 Å². The summed E-state index contributed by atoms with van der Waals surface area (Å²) in [5.41, 5.74) is 1.22. The van der Waals surface area contributed by atoms with Gasteiger partial charge < -0.3 is 19.3 Å². The molecule has 4 atom stereocenters. The topological polar surface area (TPSA) is 59.1 Å². The van der Waals surface area contributed by atoms with Crippen molar-refractivity contribution in [2.75, 3.05) is 34.4 Å². The molecule has 1 aromatic heterocycles. The molecule has 2 aliphatic rings. The van der Waals surface area contributed by atoms with E-state index in [1.165, 1.54) is 0 Å². The molecule has 166 valence electrons. The highest BCUT2D eigenvalue weighted by atomic mass is 32.1. The van der Waals surface area contributed by atoms with Gasteiger partial charge in [-0.25, -0.2) is 0 Å². The molecule has 31 heavy (non-hydrogen) atoms. The van der Waals surface area contributed by atoms with Crippen molar-refractivity contribution in [1.82, 2.24) is 9.80 Å². The summed E-state index contributed by atoms with van der Waals surface area (Å²) < 4.78 is 11.0. The summed E-state index contributed by atoms with van der Waals surface area (Å²) in [7, 11) is 4.91. The molecule has 2 aromatic rings. The fraction of sp³-hybridized carbons (Fsp3) is 0.500. The van der Waals surface area contributed by atoms with Crippen molar-refractivity contribution in [3.63, 3.8) is 0 Å². The van der Waals surface area contributed by atoms with Crippen molar-refractivity contribution < 1.29 is 19.1 Å². The molecule has 0 spiro atoms. The van der Waals surface area contributed by atoms with Crippen molar-refractivity contribution in [2.24, 2.45) is 11.8 Å². The van der Waals surface area contributed by atoms with Crippen LogP contribution < -0.4 is 9.47 Å². The molecule has 1 aromatic carbocycles. The summed E-state index contributed by atoms with van der Waals surface area (Å²) >= 11 is 1.58. The number of benzene rings is 1. The van der Waals surface area contributed by atoms with Crippen LogP contribution in [0.1, 0.15) is 53.0 Å². The predicted octanol–water partition coefficient (Wildman–Crippen LogP) is 4.18. The van der Waals surface area contributed by atoms with Gasteiger partial charge in [-0.05, 0) is 47.4 Å². The van der Waals surface area contributed by atoms with Gasteiger partial charge in [0.25, 0.3) is 5.91 Å². The number of likely N-dealkylation sites (tertiary alicyclic amines) is 1. The number of hydrogen-bond acceptors (Lipinski definition) is 5. The van der Waals surface area contributed by atoms with Gasteiger partial charge in [0.2, 0.25) is 5.91 Å². The first-order chi connectivity index (χ1) is 14.8. The Bertz CT molecular complexity index is 964. The van der Waals surface area contributed by atoms with Crippen LogP contribution in [-0.4, -0.2) is 56.0 Å². The maximum absolute atomic E-state index is 14.0. The highest BCUT2D eigenvalue weighted by molar-refractivity contribution is 7.10. The number of carbonyl (C=O) groups excluding carboxylic acids is 2. The zero-order valence-corrected chi connectivity index (χ0v) is 19.6. The Hall–Kier alpha value is -2.54. The van der Waals surface area contributed by atoms with E-state index >= 15 is 0 Å². The average molecular weight is 443 g/mol. The number of methoxy groups -OCH3 is 2. The first kappa shape index (κ1) is 21.7. The lowest BCUT2D eigenvalue weighted by Crippen LogP contribution is -2.50. The Kier molecular flexibility index (Phi) is 5.97. The maximum atomic E-state index is 14.0. The first-order valence-corrected chi connectivity index (χ1v) is 11.6. The quantitative estimate of drug-likeness (QED) is 0.713. The van der Waals surface area contributed by atoms with Crippen molar-refractivity contribution >= 4 is 23.2 Å². The molecule has 0 bridgehead atoms. The number of carbonyl (C=O) groups is 2. The van der Waals surface area contributed by atoms with E-state index in [1.807, 2.05) is 28.5 Å². The minimum atomic E-state index is -0.492. The highest BCUT2D eigenvalue weighted by Crippen LogP contribution is 2.47. The third-order valence-corrected chi connectivity index (χ3v) is 7.40. The van der Waals surface area contributed by atoms with E-state index < -0.39 is 5.92 Å². The summed E-state index contributed by atoms with van der Waals surface area (Å²) in [5, 5.41) is 1.99. The van der Waals surface area contributed by atoms with Crippen LogP contribution in [0, 0.1) is 11.8 Å². The summed E-state index contributed by atoms with van der Waals surface area (Å²) in [6.07, 6.45) is 1.13. The summed E-state index contributed by atoms with van der Waals surface area (Å²) in [4.78, 5) is 32.1. The Balaban J connectivity index is 1.87. The lowest BCUT2D eigenvalue weighted by molar-refractivity contribution is -0.137. The smallest absolute Gasteiger partial charge is 0.254 e. The molecule has 6 nitrogen and oxygen atoms in total. The van der Waals surface area contributed by atoms with Crippen LogP contribution >= 0.6 is 11.3 Å². The van der Waals surface area contributed by atoms with Gasteiger partial charge in [-0.1, -0.05) is 19.9 Å². The van der Waals surface area contributed by atoms with Crippen molar-refractivity contribution in [1.29, 1.82) is 0 Å². The zero-order chi connectivity index (χ0) is 22.3. The Morgan fingerprint density at radius 1 is 1.10 bits per heavy atom. The van der Waals surface area contributed by atoms with Gasteiger partial charge in [-0.3, -0.25) is 9.59 Å². The molecule has 4 unspecified atom stereocenters. The van der Waals surface area contributed by atoms with Crippen LogP contribution in [0.2, 0.25) is 0 Å². The number of hydrogen-bond donors (Lipinski definition) is 0. The van der Waals surface area contributed by atoms with E-state index in [1.54, 1.807) is 43.6 Å². The summed E-state index contributed by atoms with van der Waals surface area (Å²) in [6.45, 7) is 5.89. The molecular weight excluding hydrogens is 412 g/mol. The van der Waals surface area contributed by atoms with Crippen LogP contribution in [-0.2, 0) is 4.79 Å². The van der Waals surface area contributed by atoms with E-state index in [4.69, 9.17) is 9.47 Å². The lowest BCUT2D eigenvalue weighted by Gasteiger charge is -2.43. The standard InChI is InChI=1S/C24H30N2O4S/c1-14-9-15(2)13-26(12-14)24(28)21-16-10-18(29-4)19(30-5)11-17(16)23(27)25(3)22(21)20-7-6-8-31-20/h6-8,10-11,14-15,21-22H,9,12-13H2,1-5H3. The van der Waals surface area contributed by atoms with Crippen LogP contribution in [0.5, 0.6) is 11.5 Å². The van der Waals surface area contributed by atoms with Crippen molar-refractivity contribution in [2.45, 2.75) is 32.2 Å². The SMILES string of the molecule is COc1cc2c(cc1OC)C(C(=O)N1CC(C)CC(C)C1)C(c1cccs1)N(C)C2=O. The first-order valence-electron chi connectivity index (χ1n) is 10.7. The number of rotatable bonds is 4. The largest absolute Gasteiger partial charge is 0.493 e. The number of nitrogens with zero attached hydrogens (tertiary/aromatic N) is 2. The van der Waals surface area contributed by atoms with Crippen LogP contribution in [0.3, 0.4) is 0 Å². The molecule has 1 saturated heterocycles. The second-order valence-corrected chi connectivity index (χ2v) is 9.82. The number of fused-ring (bicyclic) bond motifs is 1. The molecule has 0 saturated carbocycles. The molecule has 0 radical (unpaired) electrons. The van der Waals surface area contributed by atoms with Crippen molar-refractivity contribution in [3.05, 3.63) is 45.6 Å². The number of piperidine rings is 1. The molecular formula is C24H30N2O4S. The summed E-state index contributed by atoms with van der Waals surface area (Å²) in [5.74, 6) is 1.41. The zero-order valence-electron chi connectivity index (χ0n) is 18.8. The second-order valence-electron chi connectivity index (χ2n) is 8.84. The molecule has 2 aliphatic heterocycles. The van der Waals surface area contributed by atoms with E-state index in [0.717, 1.165) is 30.0 Å². The maximum Gasteiger partial charge on any atom is 0.254 e. The minimum Gasteiger partial charge on any atom is -0.493 e. The van der Waals surface area contributed by atoms with Gasteiger partial charge >= 0.3 is 0 Å². The summed E-state index contributed by atoms with van der Waals surface area (Å²) in [6, 6.07) is 7.15. The van der Waals surface area contributed by atoms with Gasteiger partial charge in [-0.2, -0.15) is 0 Å². The molecule has 7 heteroatoms. The Morgan fingerprint density at radius 3 is 2.32 bits per heavy atom. The Morgan fingerprint density at radius 2 is 1.74 bits per heavy atom. The van der Waals surface area contributed by atoms with E-state index in [0.29, 0.717) is 28.9 Å². The third-order valence-electron chi connectivity index (χ3n) is 6.46. The lowest BCUT2D eigenvalue weighted by atomic mass is 9.80. The molecule has 2 amide bonds. The van der Waals surface area contributed by atoms with Crippen LogP contribution in [0.4, 0.5) is 0 Å². The fourth-order valence-electron chi connectivity index (χ4n) is 5.17. The second kappa shape index (κ2) is 8.54.